The predicted molar refractivity (Wildman–Crippen MR) is 43.6 cm³/mol. The summed E-state index contributed by atoms with van der Waals surface area (Å²) in [4.78, 5) is 0. The van der Waals surface area contributed by atoms with Crippen molar-refractivity contribution in [3.8, 4) is 0 Å². The molecule has 0 saturated carbocycles. The summed E-state index contributed by atoms with van der Waals surface area (Å²) in [5.41, 5.74) is 0. The van der Waals surface area contributed by atoms with Crippen molar-refractivity contribution in [1.82, 2.24) is 0 Å². The molecular weight excluding hydrogens is 162 g/mol. The number of rotatable bonds is 4. The molecule has 0 fully saturated rings. The maximum absolute atomic E-state index is 9.49. The second-order valence-corrected chi connectivity index (χ2v) is 3.39. The first-order chi connectivity index (χ1) is 4.54. The Hall–Kier alpha value is 0.210. The number of hydrogen-bond donors (Lipinski definition) is 1. The minimum atomic E-state index is -0.194. The molecule has 0 saturated heterocycles. The van der Waals surface area contributed by atoms with Gasteiger partial charge in [0.15, 0.2) is 6.23 Å². The van der Waals surface area contributed by atoms with Crippen LogP contribution in [0.15, 0.2) is 0 Å². The number of hydrogen-bond acceptors (Lipinski definition) is 1. The molecule has 0 aromatic heterocycles. The largest absolute Gasteiger partial charge is 1.00 e. The van der Waals surface area contributed by atoms with Crippen LogP contribution in [-0.4, -0.2) is 36.5 Å². The average Bonchev–Trinajstić information content (AvgIpc) is 1.86. The van der Waals surface area contributed by atoms with Crippen LogP contribution in [0.3, 0.4) is 0 Å². The molecule has 1 unspecified atom stereocenters. The highest BCUT2D eigenvalue weighted by molar-refractivity contribution is 4.37. The molecule has 0 spiro atoms. The van der Waals surface area contributed by atoms with E-state index in [0.717, 1.165) is 23.9 Å². The SMILES string of the molecule is CCC[N+](C)(C)C(O)CC.[Cl-]. The van der Waals surface area contributed by atoms with Gasteiger partial charge in [0.1, 0.15) is 0 Å². The van der Waals surface area contributed by atoms with Crippen LogP contribution in [-0.2, 0) is 0 Å². The Morgan fingerprint density at radius 3 is 2.00 bits per heavy atom. The van der Waals surface area contributed by atoms with Gasteiger partial charge in [-0.15, -0.1) is 0 Å². The van der Waals surface area contributed by atoms with E-state index in [4.69, 9.17) is 0 Å². The molecule has 3 heteroatoms. The second-order valence-electron chi connectivity index (χ2n) is 3.39. The van der Waals surface area contributed by atoms with E-state index in [2.05, 4.69) is 21.0 Å². The van der Waals surface area contributed by atoms with E-state index in [1.807, 2.05) is 6.92 Å². The quantitative estimate of drug-likeness (QED) is 0.401. The van der Waals surface area contributed by atoms with Gasteiger partial charge in [-0.05, 0) is 6.42 Å². The summed E-state index contributed by atoms with van der Waals surface area (Å²) >= 11 is 0. The van der Waals surface area contributed by atoms with Gasteiger partial charge >= 0.3 is 0 Å². The third kappa shape index (κ3) is 4.62. The summed E-state index contributed by atoms with van der Waals surface area (Å²) in [5, 5.41) is 9.49. The van der Waals surface area contributed by atoms with Crippen molar-refractivity contribution in [2.24, 2.45) is 0 Å². The Bertz CT molecular complexity index is 96.1. The number of nitrogens with zero attached hydrogens (tertiary/aromatic N) is 1. The van der Waals surface area contributed by atoms with E-state index >= 15 is 0 Å². The molecule has 0 amide bonds. The van der Waals surface area contributed by atoms with Crippen LogP contribution in [0.1, 0.15) is 26.7 Å². The molecule has 2 nitrogen and oxygen atoms in total. The summed E-state index contributed by atoms with van der Waals surface area (Å²) in [5.74, 6) is 0. The lowest BCUT2D eigenvalue weighted by atomic mass is 10.3. The van der Waals surface area contributed by atoms with Crippen LogP contribution in [0.2, 0.25) is 0 Å². The topological polar surface area (TPSA) is 20.2 Å². The Labute approximate surface area is 76.2 Å². The number of halogens is 1. The highest BCUT2D eigenvalue weighted by Gasteiger charge is 2.22. The van der Waals surface area contributed by atoms with Crippen LogP contribution in [0.25, 0.3) is 0 Å². The van der Waals surface area contributed by atoms with Gasteiger partial charge in [-0.3, -0.25) is 0 Å². The maximum atomic E-state index is 9.49. The highest BCUT2D eigenvalue weighted by Crippen LogP contribution is 2.07. The molecule has 0 aromatic carbocycles. The number of aliphatic hydroxyl groups is 1. The summed E-state index contributed by atoms with van der Waals surface area (Å²) < 4.78 is 0.729. The molecule has 0 radical (unpaired) electrons. The van der Waals surface area contributed by atoms with Crippen molar-refractivity contribution in [3.05, 3.63) is 0 Å². The van der Waals surface area contributed by atoms with Crippen molar-refractivity contribution < 1.29 is 22.0 Å². The summed E-state index contributed by atoms with van der Waals surface area (Å²) in [6.45, 7) is 5.21. The number of quaternary nitrogens is 1. The van der Waals surface area contributed by atoms with Crippen LogP contribution < -0.4 is 12.4 Å². The maximum Gasteiger partial charge on any atom is 0.189 e. The molecule has 0 aliphatic rings. The van der Waals surface area contributed by atoms with Crippen LogP contribution in [0.5, 0.6) is 0 Å². The summed E-state index contributed by atoms with van der Waals surface area (Å²) in [7, 11) is 4.13. The lowest BCUT2D eigenvalue weighted by molar-refractivity contribution is -0.936. The van der Waals surface area contributed by atoms with Gasteiger partial charge in [0, 0.05) is 6.42 Å². The van der Waals surface area contributed by atoms with Crippen LogP contribution in [0.4, 0.5) is 0 Å². The van der Waals surface area contributed by atoms with E-state index in [1.165, 1.54) is 0 Å². The molecule has 0 bridgehead atoms. The molecule has 0 aliphatic heterocycles. The second kappa shape index (κ2) is 5.81. The van der Waals surface area contributed by atoms with Crippen molar-refractivity contribution in [3.63, 3.8) is 0 Å². The summed E-state index contributed by atoms with van der Waals surface area (Å²) in [6.07, 6.45) is 1.77. The van der Waals surface area contributed by atoms with E-state index in [9.17, 15) is 5.11 Å². The Balaban J connectivity index is 0. The monoisotopic (exact) mass is 181 g/mol. The minimum absolute atomic E-state index is 0. The molecule has 0 aromatic rings. The molecule has 70 valence electrons. The highest BCUT2D eigenvalue weighted by atomic mass is 35.5. The van der Waals surface area contributed by atoms with Crippen molar-refractivity contribution in [2.45, 2.75) is 32.9 Å². The Kier molecular flexibility index (Phi) is 7.28. The minimum Gasteiger partial charge on any atom is -1.00 e. The fourth-order valence-electron chi connectivity index (χ4n) is 1.22. The molecule has 0 rings (SSSR count). The first-order valence-electron chi connectivity index (χ1n) is 4.05. The first kappa shape index (κ1) is 13.8. The molecule has 1 N–H and O–H groups in total. The third-order valence-corrected chi connectivity index (χ3v) is 1.97. The van der Waals surface area contributed by atoms with Crippen molar-refractivity contribution >= 4 is 0 Å². The molecular formula is C8H20ClNO. The lowest BCUT2D eigenvalue weighted by Gasteiger charge is -2.33. The van der Waals surface area contributed by atoms with E-state index in [1.54, 1.807) is 0 Å². The summed E-state index contributed by atoms with van der Waals surface area (Å²) in [6, 6.07) is 0. The van der Waals surface area contributed by atoms with Gasteiger partial charge in [0.25, 0.3) is 0 Å². The van der Waals surface area contributed by atoms with Crippen LogP contribution in [0, 0.1) is 0 Å². The zero-order valence-electron chi connectivity index (χ0n) is 7.97. The Morgan fingerprint density at radius 2 is 1.73 bits per heavy atom. The normalized spacial score (nSPS) is 13.9. The zero-order valence-corrected chi connectivity index (χ0v) is 8.73. The fraction of sp³-hybridized carbons (Fsp3) is 1.00. The third-order valence-electron chi connectivity index (χ3n) is 1.97. The van der Waals surface area contributed by atoms with E-state index < -0.39 is 0 Å². The zero-order chi connectivity index (χ0) is 8.20. The van der Waals surface area contributed by atoms with Crippen LogP contribution >= 0.6 is 0 Å². The predicted octanol–water partition coefficient (Wildman–Crippen LogP) is -1.79. The molecule has 0 heterocycles. The van der Waals surface area contributed by atoms with Crippen molar-refractivity contribution in [1.29, 1.82) is 0 Å². The van der Waals surface area contributed by atoms with Gasteiger partial charge in [0.2, 0.25) is 0 Å². The van der Waals surface area contributed by atoms with Gasteiger partial charge in [-0.25, -0.2) is 0 Å². The number of aliphatic hydroxyl groups excluding tert-OH is 1. The average molecular weight is 182 g/mol. The first-order valence-corrected chi connectivity index (χ1v) is 4.05. The van der Waals surface area contributed by atoms with Gasteiger partial charge < -0.3 is 22.0 Å². The smallest absolute Gasteiger partial charge is 0.189 e. The molecule has 11 heavy (non-hydrogen) atoms. The van der Waals surface area contributed by atoms with E-state index in [0.29, 0.717) is 0 Å². The van der Waals surface area contributed by atoms with Crippen molar-refractivity contribution in [2.75, 3.05) is 20.6 Å². The molecule has 1 atom stereocenters. The van der Waals surface area contributed by atoms with E-state index in [-0.39, 0.29) is 18.6 Å². The van der Waals surface area contributed by atoms with Gasteiger partial charge in [-0.2, -0.15) is 0 Å². The molecule has 0 aliphatic carbocycles. The van der Waals surface area contributed by atoms with Gasteiger partial charge in [-0.1, -0.05) is 13.8 Å². The van der Waals surface area contributed by atoms with Gasteiger partial charge in [0.05, 0.1) is 20.6 Å². The lowest BCUT2D eigenvalue weighted by Crippen LogP contribution is -3.00. The fourth-order valence-corrected chi connectivity index (χ4v) is 1.22. The standard InChI is InChI=1S/C8H20NO.ClH/c1-5-7-9(3,4)8(10)6-2;/h8,10H,5-7H2,1-4H3;1H/q+1;/p-1. The Morgan fingerprint density at radius 1 is 1.27 bits per heavy atom.